The molecule has 1 rings (SSSR count). The summed E-state index contributed by atoms with van der Waals surface area (Å²) >= 11 is 11.5. The SMILES string of the molecule is Cc1cccc(Cl)c1NC(=O)CCCCl. The maximum atomic E-state index is 11.4. The normalized spacial score (nSPS) is 10.1. The number of para-hydroxylation sites is 1. The predicted octanol–water partition coefficient (Wildman–Crippen LogP) is 3.61. The minimum atomic E-state index is -0.0492. The molecule has 0 fully saturated rings. The maximum Gasteiger partial charge on any atom is 0.224 e. The molecule has 0 saturated carbocycles. The molecule has 15 heavy (non-hydrogen) atoms. The van der Waals surface area contributed by atoms with E-state index in [9.17, 15) is 4.79 Å². The topological polar surface area (TPSA) is 29.1 Å². The number of benzene rings is 1. The van der Waals surface area contributed by atoms with Crippen LogP contribution in [0.5, 0.6) is 0 Å². The van der Waals surface area contributed by atoms with Gasteiger partial charge < -0.3 is 5.32 Å². The summed E-state index contributed by atoms with van der Waals surface area (Å²) in [6.07, 6.45) is 1.10. The number of rotatable bonds is 4. The van der Waals surface area contributed by atoms with Gasteiger partial charge in [-0.1, -0.05) is 23.7 Å². The molecule has 0 bridgehead atoms. The summed E-state index contributed by atoms with van der Waals surface area (Å²) in [5, 5.41) is 3.35. The van der Waals surface area contributed by atoms with E-state index >= 15 is 0 Å². The Labute approximate surface area is 99.6 Å². The first-order valence-corrected chi connectivity index (χ1v) is 5.67. The Hall–Kier alpha value is -0.730. The van der Waals surface area contributed by atoms with Gasteiger partial charge in [0.2, 0.25) is 5.91 Å². The summed E-state index contributed by atoms with van der Waals surface area (Å²) in [6, 6.07) is 5.51. The smallest absolute Gasteiger partial charge is 0.224 e. The summed E-state index contributed by atoms with van der Waals surface area (Å²) in [4.78, 5) is 11.4. The third-order valence-electron chi connectivity index (χ3n) is 2.02. The molecule has 1 amide bonds. The van der Waals surface area contributed by atoms with E-state index in [1.807, 2.05) is 19.1 Å². The third-order valence-corrected chi connectivity index (χ3v) is 2.61. The van der Waals surface area contributed by atoms with Crippen LogP contribution < -0.4 is 5.32 Å². The van der Waals surface area contributed by atoms with Gasteiger partial charge in [0.15, 0.2) is 0 Å². The number of carbonyl (C=O) groups excluding carboxylic acids is 1. The van der Waals surface area contributed by atoms with Gasteiger partial charge in [-0.05, 0) is 25.0 Å². The van der Waals surface area contributed by atoms with Crippen molar-refractivity contribution in [2.45, 2.75) is 19.8 Å². The van der Waals surface area contributed by atoms with Gasteiger partial charge in [-0.25, -0.2) is 0 Å². The number of carbonyl (C=O) groups is 1. The monoisotopic (exact) mass is 245 g/mol. The zero-order chi connectivity index (χ0) is 11.3. The van der Waals surface area contributed by atoms with Crippen molar-refractivity contribution in [3.63, 3.8) is 0 Å². The number of hydrogen-bond acceptors (Lipinski definition) is 1. The molecule has 0 saturated heterocycles. The van der Waals surface area contributed by atoms with E-state index in [1.165, 1.54) is 0 Å². The highest BCUT2D eigenvalue weighted by Gasteiger charge is 2.07. The number of amides is 1. The van der Waals surface area contributed by atoms with Gasteiger partial charge in [-0.3, -0.25) is 4.79 Å². The predicted molar refractivity (Wildman–Crippen MR) is 64.8 cm³/mol. The Kier molecular flexibility index (Phi) is 4.92. The van der Waals surface area contributed by atoms with Crippen LogP contribution in [-0.4, -0.2) is 11.8 Å². The van der Waals surface area contributed by atoms with Gasteiger partial charge in [-0.2, -0.15) is 0 Å². The third kappa shape index (κ3) is 3.73. The van der Waals surface area contributed by atoms with Crippen molar-refractivity contribution in [1.29, 1.82) is 0 Å². The lowest BCUT2D eigenvalue weighted by Gasteiger charge is -2.09. The molecule has 0 atom stereocenters. The van der Waals surface area contributed by atoms with Crippen LogP contribution in [0.4, 0.5) is 5.69 Å². The van der Waals surface area contributed by atoms with Crippen LogP contribution >= 0.6 is 23.2 Å². The molecule has 1 aromatic rings. The molecule has 0 aliphatic rings. The Balaban J connectivity index is 2.68. The van der Waals surface area contributed by atoms with Crippen LogP contribution in [0.15, 0.2) is 18.2 Å². The first-order valence-electron chi connectivity index (χ1n) is 4.76. The van der Waals surface area contributed by atoms with Crippen molar-refractivity contribution in [1.82, 2.24) is 0 Å². The molecule has 4 heteroatoms. The molecular weight excluding hydrogens is 233 g/mol. The average Bonchev–Trinajstić information content (AvgIpc) is 2.21. The Morgan fingerprint density at radius 1 is 1.47 bits per heavy atom. The van der Waals surface area contributed by atoms with E-state index in [4.69, 9.17) is 23.2 Å². The van der Waals surface area contributed by atoms with Crippen molar-refractivity contribution < 1.29 is 4.79 Å². The van der Waals surface area contributed by atoms with Gasteiger partial charge in [-0.15, -0.1) is 11.6 Å². The Morgan fingerprint density at radius 3 is 2.80 bits per heavy atom. The fourth-order valence-corrected chi connectivity index (χ4v) is 1.62. The molecule has 0 aliphatic carbocycles. The van der Waals surface area contributed by atoms with Crippen LogP contribution in [0, 0.1) is 6.92 Å². The summed E-state index contributed by atoms with van der Waals surface area (Å²) in [6.45, 7) is 1.91. The van der Waals surface area contributed by atoms with Crippen LogP contribution in [0.1, 0.15) is 18.4 Å². The van der Waals surface area contributed by atoms with Crippen molar-refractivity contribution in [3.8, 4) is 0 Å². The Bertz CT molecular complexity index is 332. The molecule has 0 radical (unpaired) electrons. The second-order valence-corrected chi connectivity index (χ2v) is 4.06. The van der Waals surface area contributed by atoms with E-state index in [-0.39, 0.29) is 5.91 Å². The lowest BCUT2D eigenvalue weighted by atomic mass is 10.2. The van der Waals surface area contributed by atoms with E-state index in [0.717, 1.165) is 5.56 Å². The number of nitrogens with one attached hydrogen (secondary N) is 1. The second-order valence-electron chi connectivity index (χ2n) is 3.27. The molecule has 2 nitrogen and oxygen atoms in total. The van der Waals surface area contributed by atoms with Crippen molar-refractivity contribution in [2.24, 2.45) is 0 Å². The molecule has 1 N–H and O–H groups in total. The molecule has 0 aliphatic heterocycles. The van der Waals surface area contributed by atoms with E-state index in [0.29, 0.717) is 29.4 Å². The first-order chi connectivity index (χ1) is 7.15. The summed E-state index contributed by atoms with van der Waals surface area (Å²) in [7, 11) is 0. The van der Waals surface area contributed by atoms with Gasteiger partial charge in [0.25, 0.3) is 0 Å². The van der Waals surface area contributed by atoms with E-state index < -0.39 is 0 Å². The van der Waals surface area contributed by atoms with Gasteiger partial charge in [0.1, 0.15) is 0 Å². The van der Waals surface area contributed by atoms with Crippen LogP contribution in [0.3, 0.4) is 0 Å². The second kappa shape index (κ2) is 5.99. The minimum absolute atomic E-state index is 0.0492. The lowest BCUT2D eigenvalue weighted by molar-refractivity contribution is -0.116. The summed E-state index contributed by atoms with van der Waals surface area (Å²) in [5.41, 5.74) is 1.65. The molecule has 82 valence electrons. The van der Waals surface area contributed by atoms with Gasteiger partial charge in [0, 0.05) is 12.3 Å². The van der Waals surface area contributed by atoms with Gasteiger partial charge in [0.05, 0.1) is 10.7 Å². The zero-order valence-electron chi connectivity index (χ0n) is 8.52. The number of aryl methyl sites for hydroxylation is 1. The molecule has 0 heterocycles. The number of halogens is 2. The van der Waals surface area contributed by atoms with Crippen molar-refractivity contribution >= 4 is 34.8 Å². The number of hydrogen-bond donors (Lipinski definition) is 1. The lowest BCUT2D eigenvalue weighted by Crippen LogP contribution is -2.12. The molecular formula is C11H13Cl2NO. The Morgan fingerprint density at radius 2 is 2.20 bits per heavy atom. The van der Waals surface area contributed by atoms with Crippen molar-refractivity contribution in [2.75, 3.05) is 11.2 Å². The number of anilines is 1. The van der Waals surface area contributed by atoms with Crippen molar-refractivity contribution in [3.05, 3.63) is 28.8 Å². The molecule has 0 aromatic heterocycles. The average molecular weight is 246 g/mol. The van der Waals surface area contributed by atoms with E-state index in [1.54, 1.807) is 6.07 Å². The summed E-state index contributed by atoms with van der Waals surface area (Å²) < 4.78 is 0. The fraction of sp³-hybridized carbons (Fsp3) is 0.364. The van der Waals surface area contributed by atoms with Crippen LogP contribution in [-0.2, 0) is 4.79 Å². The number of alkyl halides is 1. The van der Waals surface area contributed by atoms with Gasteiger partial charge >= 0.3 is 0 Å². The molecule has 0 spiro atoms. The fourth-order valence-electron chi connectivity index (χ4n) is 1.22. The zero-order valence-corrected chi connectivity index (χ0v) is 10.0. The van der Waals surface area contributed by atoms with E-state index in [2.05, 4.69) is 5.32 Å². The highest BCUT2D eigenvalue weighted by molar-refractivity contribution is 6.33. The van der Waals surface area contributed by atoms with Crippen LogP contribution in [0.25, 0.3) is 0 Å². The largest absolute Gasteiger partial charge is 0.325 e. The van der Waals surface area contributed by atoms with Crippen LogP contribution in [0.2, 0.25) is 5.02 Å². The molecule has 0 unspecified atom stereocenters. The summed E-state index contributed by atoms with van der Waals surface area (Å²) in [5.74, 6) is 0.446. The highest BCUT2D eigenvalue weighted by Crippen LogP contribution is 2.25. The molecule has 1 aromatic carbocycles. The standard InChI is InChI=1S/C11H13Cl2NO/c1-8-4-2-5-9(13)11(8)14-10(15)6-3-7-12/h2,4-5H,3,6-7H2,1H3,(H,14,15). The first kappa shape index (κ1) is 12.3. The highest BCUT2D eigenvalue weighted by atomic mass is 35.5. The maximum absolute atomic E-state index is 11.4. The minimum Gasteiger partial charge on any atom is -0.325 e. The quantitative estimate of drug-likeness (QED) is 0.808.